The van der Waals surface area contributed by atoms with Crippen LogP contribution < -0.4 is 5.73 Å². The number of H-pyrrole nitrogens is 1. The van der Waals surface area contributed by atoms with Gasteiger partial charge in [0.05, 0.1) is 5.39 Å². The van der Waals surface area contributed by atoms with Gasteiger partial charge in [0.15, 0.2) is 5.82 Å². The molecule has 3 nitrogen and oxygen atoms in total. The average Bonchev–Trinajstić information content (AvgIpc) is 2.81. The first-order chi connectivity index (χ1) is 8.79. The second-order valence-corrected chi connectivity index (χ2v) is 4.12. The fourth-order valence-corrected chi connectivity index (χ4v) is 2.08. The molecule has 1 aromatic carbocycles. The lowest BCUT2D eigenvalue weighted by molar-refractivity contribution is 0.639. The van der Waals surface area contributed by atoms with Crippen LogP contribution in [-0.4, -0.2) is 9.97 Å². The van der Waals surface area contributed by atoms with Crippen molar-refractivity contribution in [2.24, 2.45) is 5.73 Å². The van der Waals surface area contributed by atoms with Gasteiger partial charge >= 0.3 is 0 Å². The molecule has 0 fully saturated rings. The first-order valence-corrected chi connectivity index (χ1v) is 5.70. The molecule has 0 aliphatic carbocycles. The Hall–Kier alpha value is -2.20. The van der Waals surface area contributed by atoms with Crippen LogP contribution in [-0.2, 0) is 6.54 Å². The Bertz CT molecular complexity index is 686. The zero-order chi connectivity index (χ0) is 12.5. The van der Waals surface area contributed by atoms with Gasteiger partial charge < -0.3 is 10.7 Å². The summed E-state index contributed by atoms with van der Waals surface area (Å²) in [4.78, 5) is 6.92. The molecule has 0 aliphatic rings. The summed E-state index contributed by atoms with van der Waals surface area (Å²) in [5.41, 5.74) is 8.97. The molecule has 18 heavy (non-hydrogen) atoms. The van der Waals surface area contributed by atoms with Gasteiger partial charge in [0.1, 0.15) is 5.65 Å². The van der Waals surface area contributed by atoms with Gasteiger partial charge in [-0.2, -0.15) is 0 Å². The van der Waals surface area contributed by atoms with Crippen LogP contribution in [0, 0.1) is 5.82 Å². The van der Waals surface area contributed by atoms with Gasteiger partial charge in [-0.05, 0) is 22.8 Å². The highest BCUT2D eigenvalue weighted by Gasteiger charge is 2.10. The number of hydrogen-bond donors (Lipinski definition) is 2. The topological polar surface area (TPSA) is 54.7 Å². The summed E-state index contributed by atoms with van der Waals surface area (Å²) in [6, 6.07) is 9.61. The molecule has 3 N–H and O–H groups in total. The van der Waals surface area contributed by atoms with Crippen molar-refractivity contribution in [2.75, 3.05) is 0 Å². The standard InChI is InChI=1S/C14H12FN3/c15-12-8-18-14-13(12)11(5-6-17-14)10-3-1-9(7-16)2-4-10/h1-6,8H,7,16H2,(H,17,18). The first kappa shape index (κ1) is 10.9. The van der Waals surface area contributed by atoms with Crippen LogP contribution in [0.5, 0.6) is 0 Å². The minimum absolute atomic E-state index is 0.281. The van der Waals surface area contributed by atoms with E-state index < -0.39 is 0 Å². The molecule has 0 aliphatic heterocycles. The number of nitrogens with two attached hydrogens (primary N) is 1. The number of benzene rings is 1. The van der Waals surface area contributed by atoms with Crippen molar-refractivity contribution in [1.29, 1.82) is 0 Å². The summed E-state index contributed by atoms with van der Waals surface area (Å²) in [6.07, 6.45) is 3.00. The highest BCUT2D eigenvalue weighted by molar-refractivity contribution is 5.93. The number of nitrogens with zero attached hydrogens (tertiary/aromatic N) is 1. The molecular weight excluding hydrogens is 229 g/mol. The fraction of sp³-hybridized carbons (Fsp3) is 0.0714. The largest absolute Gasteiger partial charge is 0.343 e. The van der Waals surface area contributed by atoms with Crippen molar-refractivity contribution < 1.29 is 4.39 Å². The Labute approximate surface area is 103 Å². The van der Waals surface area contributed by atoms with Crippen molar-refractivity contribution in [3.63, 3.8) is 0 Å². The van der Waals surface area contributed by atoms with Crippen LogP contribution in [0.1, 0.15) is 5.56 Å². The molecule has 2 heterocycles. The van der Waals surface area contributed by atoms with E-state index in [0.717, 1.165) is 16.7 Å². The monoisotopic (exact) mass is 241 g/mol. The van der Waals surface area contributed by atoms with Crippen molar-refractivity contribution in [3.8, 4) is 11.1 Å². The molecule has 2 aromatic heterocycles. The van der Waals surface area contributed by atoms with Gasteiger partial charge in [0.2, 0.25) is 0 Å². The third-order valence-corrected chi connectivity index (χ3v) is 3.03. The maximum absolute atomic E-state index is 13.7. The summed E-state index contributed by atoms with van der Waals surface area (Å²) in [7, 11) is 0. The lowest BCUT2D eigenvalue weighted by atomic mass is 10.0. The zero-order valence-corrected chi connectivity index (χ0v) is 9.65. The smallest absolute Gasteiger partial charge is 0.150 e. The van der Waals surface area contributed by atoms with Crippen molar-refractivity contribution >= 4 is 11.0 Å². The Kier molecular flexibility index (Phi) is 2.57. The number of halogens is 1. The van der Waals surface area contributed by atoms with Crippen LogP contribution in [0.4, 0.5) is 4.39 Å². The van der Waals surface area contributed by atoms with E-state index in [4.69, 9.17) is 5.73 Å². The van der Waals surface area contributed by atoms with Crippen LogP contribution in [0.15, 0.2) is 42.7 Å². The van der Waals surface area contributed by atoms with Gasteiger partial charge in [-0.15, -0.1) is 0 Å². The number of aromatic nitrogens is 2. The molecule has 90 valence electrons. The third kappa shape index (κ3) is 1.67. The van der Waals surface area contributed by atoms with E-state index in [0.29, 0.717) is 17.6 Å². The number of rotatable bonds is 2. The SMILES string of the molecule is NCc1ccc(-c2ccnc3[nH]cc(F)c23)cc1. The van der Waals surface area contributed by atoms with E-state index in [9.17, 15) is 4.39 Å². The minimum atomic E-state index is -0.281. The van der Waals surface area contributed by atoms with E-state index in [1.54, 1.807) is 6.20 Å². The Balaban J connectivity index is 2.21. The molecule has 0 unspecified atom stereocenters. The van der Waals surface area contributed by atoms with Crippen LogP contribution in [0.2, 0.25) is 0 Å². The quantitative estimate of drug-likeness (QED) is 0.724. The van der Waals surface area contributed by atoms with Crippen molar-refractivity contribution in [3.05, 3.63) is 54.1 Å². The first-order valence-electron chi connectivity index (χ1n) is 5.70. The van der Waals surface area contributed by atoms with Gasteiger partial charge in [-0.1, -0.05) is 24.3 Å². The average molecular weight is 241 g/mol. The van der Waals surface area contributed by atoms with Gasteiger partial charge in [-0.3, -0.25) is 0 Å². The summed E-state index contributed by atoms with van der Waals surface area (Å²) in [6.45, 7) is 0.505. The lowest BCUT2D eigenvalue weighted by Gasteiger charge is -2.04. The molecule has 3 aromatic rings. The molecule has 0 radical (unpaired) electrons. The third-order valence-electron chi connectivity index (χ3n) is 3.03. The molecule has 0 amide bonds. The molecule has 3 rings (SSSR count). The van der Waals surface area contributed by atoms with Crippen LogP contribution in [0.25, 0.3) is 22.2 Å². The number of aromatic amines is 1. The summed E-state index contributed by atoms with van der Waals surface area (Å²) in [5.74, 6) is -0.281. The molecule has 0 spiro atoms. The normalized spacial score (nSPS) is 11.0. The second kappa shape index (κ2) is 4.23. The van der Waals surface area contributed by atoms with E-state index >= 15 is 0 Å². The molecule has 0 atom stereocenters. The Morgan fingerprint density at radius 2 is 1.94 bits per heavy atom. The van der Waals surface area contributed by atoms with Crippen LogP contribution >= 0.6 is 0 Å². The molecule has 4 heteroatoms. The van der Waals surface area contributed by atoms with Crippen LogP contribution in [0.3, 0.4) is 0 Å². The Morgan fingerprint density at radius 1 is 1.17 bits per heavy atom. The predicted octanol–water partition coefficient (Wildman–Crippen LogP) is 2.83. The molecule has 0 saturated carbocycles. The lowest BCUT2D eigenvalue weighted by Crippen LogP contribution is -1.95. The van der Waals surface area contributed by atoms with Gasteiger partial charge in [0.25, 0.3) is 0 Å². The van der Waals surface area contributed by atoms with E-state index in [-0.39, 0.29) is 5.82 Å². The zero-order valence-electron chi connectivity index (χ0n) is 9.65. The number of pyridine rings is 1. The number of nitrogens with one attached hydrogen (secondary N) is 1. The fourth-order valence-electron chi connectivity index (χ4n) is 2.08. The van der Waals surface area contributed by atoms with Crippen molar-refractivity contribution in [2.45, 2.75) is 6.54 Å². The summed E-state index contributed by atoms with van der Waals surface area (Å²) < 4.78 is 13.7. The highest BCUT2D eigenvalue weighted by Crippen LogP contribution is 2.29. The summed E-state index contributed by atoms with van der Waals surface area (Å²) >= 11 is 0. The highest BCUT2D eigenvalue weighted by atomic mass is 19.1. The maximum Gasteiger partial charge on any atom is 0.150 e. The van der Waals surface area contributed by atoms with Crippen molar-refractivity contribution in [1.82, 2.24) is 9.97 Å². The number of hydrogen-bond acceptors (Lipinski definition) is 2. The van der Waals surface area contributed by atoms with Gasteiger partial charge in [-0.25, -0.2) is 9.37 Å². The van der Waals surface area contributed by atoms with E-state index in [1.807, 2.05) is 30.3 Å². The molecule has 0 bridgehead atoms. The van der Waals surface area contributed by atoms with Gasteiger partial charge in [0, 0.05) is 18.9 Å². The predicted molar refractivity (Wildman–Crippen MR) is 69.4 cm³/mol. The number of fused-ring (bicyclic) bond motifs is 1. The maximum atomic E-state index is 13.7. The molecule has 0 saturated heterocycles. The minimum Gasteiger partial charge on any atom is -0.343 e. The molecular formula is C14H12FN3. The Morgan fingerprint density at radius 3 is 2.67 bits per heavy atom. The second-order valence-electron chi connectivity index (χ2n) is 4.12. The summed E-state index contributed by atoms with van der Waals surface area (Å²) in [5, 5.41) is 0.526. The van der Waals surface area contributed by atoms with E-state index in [2.05, 4.69) is 9.97 Å². The van der Waals surface area contributed by atoms with E-state index in [1.165, 1.54) is 6.20 Å².